The van der Waals surface area contributed by atoms with Crippen LogP contribution in [0.3, 0.4) is 0 Å². The predicted octanol–water partition coefficient (Wildman–Crippen LogP) is 3.67. The number of carbonyl (C=O) groups is 2. The molecule has 1 atom stereocenters. The number of nitrogens with one attached hydrogen (secondary N) is 1. The molecule has 204 valence electrons. The Labute approximate surface area is 227 Å². The number of nitrogen functional groups attached to an aromatic ring is 1. The van der Waals surface area contributed by atoms with Gasteiger partial charge in [-0.3, -0.25) is 14.2 Å². The molecule has 0 saturated carbocycles. The minimum atomic E-state index is -5.08. The van der Waals surface area contributed by atoms with Gasteiger partial charge in [0.05, 0.1) is 40.4 Å². The zero-order valence-electron chi connectivity index (χ0n) is 20.3. The molecule has 0 fully saturated rings. The van der Waals surface area contributed by atoms with E-state index < -0.39 is 24.1 Å². The predicted molar refractivity (Wildman–Crippen MR) is 135 cm³/mol. The van der Waals surface area contributed by atoms with E-state index in [0.717, 1.165) is 0 Å². The highest BCUT2D eigenvalue weighted by atomic mass is 35.5. The number of carboxylic acids is 1. The molecule has 1 unspecified atom stereocenters. The second kappa shape index (κ2) is 10.9. The molecule has 0 aliphatic rings. The molecule has 5 aromatic rings. The summed E-state index contributed by atoms with van der Waals surface area (Å²) in [4.78, 5) is 34.7. The zero-order chi connectivity index (χ0) is 29.2. The van der Waals surface area contributed by atoms with Crippen LogP contribution in [0.4, 0.5) is 19.0 Å². The number of carboxylic acid groups (broad SMARTS) is 1. The van der Waals surface area contributed by atoms with Crippen LogP contribution in [-0.4, -0.2) is 52.1 Å². The smallest absolute Gasteiger partial charge is 0.475 e. The summed E-state index contributed by atoms with van der Waals surface area (Å²) in [6, 6.07) is 6.79. The van der Waals surface area contributed by atoms with E-state index in [1.807, 2.05) is 11.3 Å². The van der Waals surface area contributed by atoms with Gasteiger partial charge in [-0.05, 0) is 25.1 Å². The summed E-state index contributed by atoms with van der Waals surface area (Å²) in [5, 5.41) is 24.0. The number of amides is 1. The number of hydrogen-bond donors (Lipinski definition) is 3. The minimum absolute atomic E-state index is 0.0765. The number of halogens is 4. The van der Waals surface area contributed by atoms with E-state index in [0.29, 0.717) is 38.6 Å². The number of nitrogens with two attached hydrogens (primary N) is 1. The SMILES string of the molecule is CC(NC(=O)c1c(N)nn2cccnc12)c1cc(Cl)c2cncn2c1-c1cncc(C#N)c1.O=C(O)C(F)(F)F. The summed E-state index contributed by atoms with van der Waals surface area (Å²) in [7, 11) is 0. The molecule has 0 saturated heterocycles. The van der Waals surface area contributed by atoms with Crippen molar-refractivity contribution < 1.29 is 27.9 Å². The first-order valence-corrected chi connectivity index (χ1v) is 11.5. The Morgan fingerprint density at radius 2 is 1.95 bits per heavy atom. The van der Waals surface area contributed by atoms with Gasteiger partial charge in [-0.15, -0.1) is 5.10 Å². The third-order valence-electron chi connectivity index (χ3n) is 5.53. The largest absolute Gasteiger partial charge is 0.490 e. The Bertz CT molecular complexity index is 1790. The molecule has 5 rings (SSSR count). The number of rotatable bonds is 4. The minimum Gasteiger partial charge on any atom is -0.475 e. The van der Waals surface area contributed by atoms with Gasteiger partial charge in [0, 0.05) is 35.9 Å². The van der Waals surface area contributed by atoms with Crippen LogP contribution in [0, 0.1) is 11.3 Å². The quantitative estimate of drug-likeness (QED) is 0.290. The summed E-state index contributed by atoms with van der Waals surface area (Å²) in [6.45, 7) is 1.83. The van der Waals surface area contributed by atoms with Gasteiger partial charge < -0.3 is 16.2 Å². The van der Waals surface area contributed by atoms with E-state index in [-0.39, 0.29) is 11.4 Å². The number of anilines is 1. The van der Waals surface area contributed by atoms with E-state index in [1.54, 1.807) is 49.3 Å². The molecule has 0 bridgehead atoms. The zero-order valence-corrected chi connectivity index (χ0v) is 21.0. The number of alkyl halides is 3. The number of hydrogen-bond acceptors (Lipinski definition) is 8. The number of carbonyl (C=O) groups excluding carboxylic acids is 1. The van der Waals surface area contributed by atoms with Gasteiger partial charge in [0.25, 0.3) is 5.91 Å². The Morgan fingerprint density at radius 3 is 2.62 bits per heavy atom. The highest BCUT2D eigenvalue weighted by Crippen LogP contribution is 2.34. The van der Waals surface area contributed by atoms with Gasteiger partial charge in [-0.1, -0.05) is 11.6 Å². The highest BCUT2D eigenvalue weighted by Gasteiger charge is 2.38. The van der Waals surface area contributed by atoms with Crippen molar-refractivity contribution in [3.63, 3.8) is 0 Å². The van der Waals surface area contributed by atoms with Gasteiger partial charge in [0.15, 0.2) is 11.5 Å². The Morgan fingerprint density at radius 1 is 1.23 bits per heavy atom. The molecule has 5 aromatic heterocycles. The van der Waals surface area contributed by atoms with Gasteiger partial charge in [-0.25, -0.2) is 19.3 Å². The van der Waals surface area contributed by atoms with Crippen molar-refractivity contribution in [2.75, 3.05) is 5.73 Å². The topological polar surface area (TPSA) is 177 Å². The van der Waals surface area contributed by atoms with Crippen molar-refractivity contribution >= 4 is 40.5 Å². The van der Waals surface area contributed by atoms with Crippen molar-refractivity contribution in [3.05, 3.63) is 77.2 Å². The summed E-state index contributed by atoms with van der Waals surface area (Å²) in [5.74, 6) is -3.11. The number of aliphatic carboxylic acids is 1. The average Bonchev–Trinajstić information content (AvgIpc) is 3.53. The second-order valence-electron chi connectivity index (χ2n) is 8.17. The number of fused-ring (bicyclic) bond motifs is 2. The molecule has 0 radical (unpaired) electrons. The summed E-state index contributed by atoms with van der Waals surface area (Å²) in [5.41, 5.74) is 9.73. The standard InChI is InChI=1S/C22H16ClN9O.C2HF3O2/c1-12(29-22(33)18-20(25)30-32-4-2-3-28-21(18)32)15-6-16(23)17-10-27-11-31(17)19(15)14-5-13(7-24)8-26-9-14;3-2(4,5)1(6)7/h2-6,8-12H,1H3,(H2,25,30)(H,29,33);(H,6,7). The summed E-state index contributed by atoms with van der Waals surface area (Å²) in [6.07, 6.45) is 4.55. The first-order chi connectivity index (χ1) is 18.9. The van der Waals surface area contributed by atoms with Crippen molar-refractivity contribution in [1.82, 2.24) is 34.3 Å². The number of nitriles is 1. The number of aromatic nitrogens is 6. The summed E-state index contributed by atoms with van der Waals surface area (Å²) < 4.78 is 35.0. The monoisotopic (exact) mass is 571 g/mol. The maximum Gasteiger partial charge on any atom is 0.490 e. The lowest BCUT2D eigenvalue weighted by Gasteiger charge is -2.20. The summed E-state index contributed by atoms with van der Waals surface area (Å²) >= 11 is 6.52. The van der Waals surface area contributed by atoms with E-state index in [1.165, 1.54) is 10.7 Å². The number of nitrogens with zero attached hydrogens (tertiary/aromatic N) is 7. The molecule has 0 spiro atoms. The van der Waals surface area contributed by atoms with Crippen molar-refractivity contribution in [2.45, 2.75) is 19.1 Å². The third kappa shape index (κ3) is 5.47. The average molecular weight is 572 g/mol. The van der Waals surface area contributed by atoms with Gasteiger partial charge >= 0.3 is 12.1 Å². The fourth-order valence-corrected chi connectivity index (χ4v) is 4.06. The van der Waals surface area contributed by atoms with Crippen LogP contribution in [0.15, 0.2) is 55.5 Å². The molecule has 4 N–H and O–H groups in total. The molecular formula is C24H17ClF3N9O3. The van der Waals surface area contributed by atoms with Crippen LogP contribution in [0.2, 0.25) is 5.02 Å². The van der Waals surface area contributed by atoms with Crippen LogP contribution in [0.1, 0.15) is 34.5 Å². The van der Waals surface area contributed by atoms with Crippen LogP contribution in [-0.2, 0) is 4.79 Å². The molecule has 16 heteroatoms. The Balaban J connectivity index is 0.000000470. The first kappa shape index (κ1) is 27.8. The van der Waals surface area contributed by atoms with Crippen LogP contribution < -0.4 is 11.1 Å². The molecule has 0 aliphatic heterocycles. The normalized spacial score (nSPS) is 11.9. The maximum absolute atomic E-state index is 13.2. The second-order valence-corrected chi connectivity index (χ2v) is 8.57. The molecule has 40 heavy (non-hydrogen) atoms. The highest BCUT2D eigenvalue weighted by molar-refractivity contribution is 6.34. The molecule has 1 amide bonds. The van der Waals surface area contributed by atoms with Crippen molar-refractivity contribution in [2.24, 2.45) is 0 Å². The van der Waals surface area contributed by atoms with Crippen molar-refractivity contribution in [3.8, 4) is 17.3 Å². The van der Waals surface area contributed by atoms with Gasteiger partial charge in [0.1, 0.15) is 11.6 Å². The van der Waals surface area contributed by atoms with Crippen molar-refractivity contribution in [1.29, 1.82) is 5.26 Å². The maximum atomic E-state index is 13.2. The van der Waals surface area contributed by atoms with E-state index in [2.05, 4.69) is 31.4 Å². The lowest BCUT2D eigenvalue weighted by Crippen LogP contribution is -2.28. The molecule has 12 nitrogen and oxygen atoms in total. The lowest BCUT2D eigenvalue weighted by atomic mass is 10.00. The van der Waals surface area contributed by atoms with E-state index >= 15 is 0 Å². The van der Waals surface area contributed by atoms with Crippen LogP contribution in [0.25, 0.3) is 22.4 Å². The van der Waals surface area contributed by atoms with Crippen LogP contribution in [0.5, 0.6) is 0 Å². The third-order valence-corrected chi connectivity index (χ3v) is 5.83. The van der Waals surface area contributed by atoms with E-state index in [9.17, 15) is 23.2 Å². The fraction of sp³-hybridized carbons (Fsp3) is 0.125. The number of imidazole rings is 1. The molecule has 5 heterocycles. The molecule has 0 aromatic carbocycles. The Hall–Kier alpha value is -5.23. The van der Waals surface area contributed by atoms with Gasteiger partial charge in [-0.2, -0.15) is 18.4 Å². The first-order valence-electron chi connectivity index (χ1n) is 11.1. The van der Waals surface area contributed by atoms with Crippen LogP contribution >= 0.6 is 11.6 Å². The molecular weight excluding hydrogens is 555 g/mol. The Kier molecular flexibility index (Phi) is 7.55. The van der Waals surface area contributed by atoms with E-state index in [4.69, 9.17) is 27.2 Å². The fourth-order valence-electron chi connectivity index (χ4n) is 3.80. The lowest BCUT2D eigenvalue weighted by molar-refractivity contribution is -0.192. The molecule has 0 aliphatic carbocycles. The van der Waals surface area contributed by atoms with Gasteiger partial charge in [0.2, 0.25) is 0 Å². The number of pyridine rings is 2.